The molecule has 0 saturated carbocycles. The first-order chi connectivity index (χ1) is 8.27. The SMILES string of the molecule is CNc1ccc(B2OC(C)(C)C(C)(C)O2)c(C)c1. The van der Waals surface area contributed by atoms with Crippen molar-refractivity contribution in [3.8, 4) is 0 Å². The average molecular weight is 247 g/mol. The van der Waals surface area contributed by atoms with Crippen LogP contribution in [0.25, 0.3) is 0 Å². The van der Waals surface area contributed by atoms with E-state index in [4.69, 9.17) is 9.31 Å². The number of hydrogen-bond acceptors (Lipinski definition) is 3. The van der Waals surface area contributed by atoms with E-state index < -0.39 is 0 Å². The lowest BCUT2D eigenvalue weighted by atomic mass is 9.76. The van der Waals surface area contributed by atoms with Crippen molar-refractivity contribution in [3.05, 3.63) is 23.8 Å². The summed E-state index contributed by atoms with van der Waals surface area (Å²) in [6.45, 7) is 10.4. The molecule has 1 aromatic carbocycles. The van der Waals surface area contributed by atoms with Crippen LogP contribution < -0.4 is 10.8 Å². The van der Waals surface area contributed by atoms with Crippen LogP contribution in [0.15, 0.2) is 18.2 Å². The van der Waals surface area contributed by atoms with Crippen molar-refractivity contribution in [2.75, 3.05) is 12.4 Å². The molecule has 0 aromatic heterocycles. The van der Waals surface area contributed by atoms with E-state index in [1.807, 2.05) is 13.1 Å². The summed E-state index contributed by atoms with van der Waals surface area (Å²) in [7, 11) is 1.64. The van der Waals surface area contributed by atoms with Gasteiger partial charge in [-0.3, -0.25) is 0 Å². The van der Waals surface area contributed by atoms with Gasteiger partial charge < -0.3 is 14.6 Å². The quantitative estimate of drug-likeness (QED) is 0.813. The molecule has 3 nitrogen and oxygen atoms in total. The molecule has 0 bridgehead atoms. The molecule has 1 aromatic rings. The van der Waals surface area contributed by atoms with Gasteiger partial charge in [-0.25, -0.2) is 0 Å². The van der Waals surface area contributed by atoms with Crippen molar-refractivity contribution in [2.24, 2.45) is 0 Å². The van der Waals surface area contributed by atoms with Crippen LogP contribution in [-0.2, 0) is 9.31 Å². The summed E-state index contributed by atoms with van der Waals surface area (Å²) in [6.07, 6.45) is 0. The Labute approximate surface area is 110 Å². The lowest BCUT2D eigenvalue weighted by molar-refractivity contribution is 0.00578. The van der Waals surface area contributed by atoms with Crippen LogP contribution in [0.1, 0.15) is 33.3 Å². The fourth-order valence-corrected chi connectivity index (χ4v) is 2.07. The van der Waals surface area contributed by atoms with Gasteiger partial charge in [0.1, 0.15) is 0 Å². The molecular formula is C14H22BNO2. The molecule has 4 heteroatoms. The van der Waals surface area contributed by atoms with E-state index in [-0.39, 0.29) is 18.3 Å². The minimum absolute atomic E-state index is 0.277. The molecule has 98 valence electrons. The summed E-state index contributed by atoms with van der Waals surface area (Å²) in [5.41, 5.74) is 2.82. The Morgan fingerprint density at radius 1 is 1.06 bits per heavy atom. The highest BCUT2D eigenvalue weighted by molar-refractivity contribution is 6.62. The normalized spacial score (nSPS) is 21.1. The summed E-state index contributed by atoms with van der Waals surface area (Å²) in [6, 6.07) is 6.23. The van der Waals surface area contributed by atoms with E-state index in [9.17, 15) is 0 Å². The fourth-order valence-electron chi connectivity index (χ4n) is 2.07. The van der Waals surface area contributed by atoms with E-state index in [1.54, 1.807) is 0 Å². The van der Waals surface area contributed by atoms with Gasteiger partial charge in [0, 0.05) is 12.7 Å². The zero-order chi connectivity index (χ0) is 13.6. The van der Waals surface area contributed by atoms with E-state index in [0.717, 1.165) is 11.2 Å². The highest BCUT2D eigenvalue weighted by Gasteiger charge is 2.51. The number of rotatable bonds is 2. The van der Waals surface area contributed by atoms with Crippen LogP contribution in [0.5, 0.6) is 0 Å². The lowest BCUT2D eigenvalue weighted by Gasteiger charge is -2.32. The van der Waals surface area contributed by atoms with Gasteiger partial charge in [0.05, 0.1) is 11.2 Å². The summed E-state index contributed by atoms with van der Waals surface area (Å²) < 4.78 is 12.1. The highest BCUT2D eigenvalue weighted by atomic mass is 16.7. The van der Waals surface area contributed by atoms with Gasteiger partial charge in [-0.2, -0.15) is 0 Å². The second-order valence-electron chi connectivity index (χ2n) is 5.91. The standard InChI is InChI=1S/C14H22BNO2/c1-10-9-11(16-6)7-8-12(10)15-17-13(2,3)14(4,5)18-15/h7-9,16H,1-6H3. The number of benzene rings is 1. The van der Waals surface area contributed by atoms with Crippen LogP contribution >= 0.6 is 0 Å². The largest absolute Gasteiger partial charge is 0.495 e. The van der Waals surface area contributed by atoms with Crippen LogP contribution in [0.3, 0.4) is 0 Å². The van der Waals surface area contributed by atoms with Gasteiger partial charge in [0.2, 0.25) is 0 Å². The number of hydrogen-bond donors (Lipinski definition) is 1. The predicted molar refractivity (Wildman–Crippen MR) is 76.4 cm³/mol. The van der Waals surface area contributed by atoms with Gasteiger partial charge in [-0.15, -0.1) is 0 Å². The van der Waals surface area contributed by atoms with Crippen molar-refractivity contribution < 1.29 is 9.31 Å². The van der Waals surface area contributed by atoms with Crippen molar-refractivity contribution in [2.45, 2.75) is 45.8 Å². The van der Waals surface area contributed by atoms with Gasteiger partial charge >= 0.3 is 7.12 Å². The number of anilines is 1. The second kappa shape index (κ2) is 4.28. The van der Waals surface area contributed by atoms with Crippen LogP contribution in [0, 0.1) is 6.92 Å². The Morgan fingerprint density at radius 2 is 1.61 bits per heavy atom. The molecule has 18 heavy (non-hydrogen) atoms. The molecule has 0 atom stereocenters. The predicted octanol–water partition coefficient (Wildman–Crippen LogP) is 2.34. The van der Waals surface area contributed by atoms with Gasteiger partial charge in [-0.1, -0.05) is 6.07 Å². The monoisotopic (exact) mass is 247 g/mol. The van der Waals surface area contributed by atoms with Crippen molar-refractivity contribution in [3.63, 3.8) is 0 Å². The topological polar surface area (TPSA) is 30.5 Å². The van der Waals surface area contributed by atoms with Gasteiger partial charge in [0.25, 0.3) is 0 Å². The fraction of sp³-hybridized carbons (Fsp3) is 0.571. The number of nitrogens with one attached hydrogen (secondary N) is 1. The third-order valence-corrected chi connectivity index (χ3v) is 4.07. The molecule has 1 aliphatic heterocycles. The van der Waals surface area contributed by atoms with E-state index in [0.29, 0.717) is 0 Å². The second-order valence-corrected chi connectivity index (χ2v) is 5.91. The van der Waals surface area contributed by atoms with E-state index in [1.165, 1.54) is 5.56 Å². The maximum atomic E-state index is 6.06. The molecule has 0 aliphatic carbocycles. The average Bonchev–Trinajstić information content (AvgIpc) is 2.47. The summed E-state index contributed by atoms with van der Waals surface area (Å²) >= 11 is 0. The smallest absolute Gasteiger partial charge is 0.399 e. The summed E-state index contributed by atoms with van der Waals surface area (Å²) in [4.78, 5) is 0. The lowest BCUT2D eigenvalue weighted by Crippen LogP contribution is -2.41. The Kier molecular flexibility index (Phi) is 3.20. The molecule has 0 amide bonds. The zero-order valence-corrected chi connectivity index (χ0v) is 12.1. The van der Waals surface area contributed by atoms with Crippen LogP contribution in [0.4, 0.5) is 5.69 Å². The minimum Gasteiger partial charge on any atom is -0.399 e. The Morgan fingerprint density at radius 3 is 2.06 bits per heavy atom. The summed E-state index contributed by atoms with van der Waals surface area (Å²) in [5.74, 6) is 0. The molecule has 2 rings (SSSR count). The molecule has 1 saturated heterocycles. The van der Waals surface area contributed by atoms with E-state index in [2.05, 4.69) is 52.1 Å². The molecule has 1 heterocycles. The van der Waals surface area contributed by atoms with Crippen LogP contribution in [-0.4, -0.2) is 25.4 Å². The molecule has 0 spiro atoms. The van der Waals surface area contributed by atoms with E-state index >= 15 is 0 Å². The zero-order valence-electron chi connectivity index (χ0n) is 12.1. The first-order valence-electron chi connectivity index (χ1n) is 6.41. The Balaban J connectivity index is 2.30. The van der Waals surface area contributed by atoms with Gasteiger partial charge in [-0.05, 0) is 57.8 Å². The maximum absolute atomic E-state index is 6.06. The molecule has 1 fully saturated rings. The van der Waals surface area contributed by atoms with Gasteiger partial charge in [0.15, 0.2) is 0 Å². The third kappa shape index (κ3) is 2.15. The molecular weight excluding hydrogens is 225 g/mol. The molecule has 0 unspecified atom stereocenters. The maximum Gasteiger partial charge on any atom is 0.495 e. The van der Waals surface area contributed by atoms with Crippen molar-refractivity contribution >= 4 is 18.3 Å². The number of aryl methyl sites for hydroxylation is 1. The first kappa shape index (κ1) is 13.4. The first-order valence-corrected chi connectivity index (χ1v) is 6.41. The molecule has 1 aliphatic rings. The highest BCUT2D eigenvalue weighted by Crippen LogP contribution is 2.36. The molecule has 1 N–H and O–H groups in total. The Hall–Kier alpha value is -0.995. The molecule has 0 radical (unpaired) electrons. The van der Waals surface area contributed by atoms with Crippen molar-refractivity contribution in [1.82, 2.24) is 0 Å². The minimum atomic E-state index is -0.286. The Bertz CT molecular complexity index is 441. The van der Waals surface area contributed by atoms with Crippen molar-refractivity contribution in [1.29, 1.82) is 0 Å². The summed E-state index contributed by atoms with van der Waals surface area (Å²) in [5, 5.41) is 3.14. The third-order valence-electron chi connectivity index (χ3n) is 4.07. The van der Waals surface area contributed by atoms with Crippen LogP contribution in [0.2, 0.25) is 0 Å².